The van der Waals surface area contributed by atoms with Crippen LogP contribution in [0.2, 0.25) is 0 Å². The van der Waals surface area contributed by atoms with Crippen molar-refractivity contribution in [2.24, 2.45) is 5.92 Å². The number of hydrogen-bond acceptors (Lipinski definition) is 10. The van der Waals surface area contributed by atoms with E-state index in [2.05, 4.69) is 20.8 Å². The topological polar surface area (TPSA) is 194 Å². The lowest BCUT2D eigenvalue weighted by Crippen LogP contribution is -2.37. The van der Waals surface area contributed by atoms with Crippen LogP contribution in [0, 0.1) is 26.1 Å². The van der Waals surface area contributed by atoms with Crippen LogP contribution in [0.1, 0.15) is 23.2 Å². The number of carboxylic acid groups (broad SMARTS) is 1. The molecule has 0 unspecified atom stereocenters. The molecule has 0 atom stereocenters. The number of benzene rings is 1. The number of amides is 1. The molecule has 0 bridgehead atoms. The van der Waals surface area contributed by atoms with Crippen molar-refractivity contribution in [3.8, 4) is 0 Å². The Balaban J connectivity index is 1.78. The minimum absolute atomic E-state index is 0.00376. The molecular weight excluding hydrogens is 414 g/mol. The molecule has 14 nitrogen and oxygen atoms in total. The first-order chi connectivity index (χ1) is 14.8. The Morgan fingerprint density at radius 2 is 1.84 bits per heavy atom. The van der Waals surface area contributed by atoms with Crippen LogP contribution in [0.3, 0.4) is 0 Å². The number of nitro benzene ring substituents is 1. The number of nitro groups is 2. The third kappa shape index (κ3) is 4.80. The number of aromatic nitrogens is 2. The first kappa shape index (κ1) is 21.4. The number of hydrazine groups is 1. The van der Waals surface area contributed by atoms with E-state index in [1.165, 1.54) is 18.2 Å². The maximum absolute atomic E-state index is 12.3. The number of carboxylic acids is 1. The molecule has 0 saturated carbocycles. The Labute approximate surface area is 174 Å². The monoisotopic (exact) mass is 431 g/mol. The fourth-order valence-electron chi connectivity index (χ4n) is 3.15. The Hall–Kier alpha value is -4.36. The molecule has 1 saturated heterocycles. The normalized spacial score (nSPS) is 14.0. The number of nitrogens with zero attached hydrogens (tertiary/aromatic N) is 5. The molecule has 1 fully saturated rings. The second kappa shape index (κ2) is 8.98. The zero-order valence-electron chi connectivity index (χ0n) is 15.9. The number of anilines is 2. The quantitative estimate of drug-likeness (QED) is 0.423. The predicted molar refractivity (Wildman–Crippen MR) is 105 cm³/mol. The third-order valence-corrected chi connectivity index (χ3v) is 4.74. The molecular formula is C17H17N7O7. The first-order valence-corrected chi connectivity index (χ1v) is 9.06. The van der Waals surface area contributed by atoms with Crippen molar-refractivity contribution in [3.63, 3.8) is 0 Å². The number of nitrogens with one attached hydrogen (secondary N) is 2. The van der Waals surface area contributed by atoms with Crippen LogP contribution in [-0.2, 0) is 4.79 Å². The van der Waals surface area contributed by atoms with Crippen LogP contribution < -0.4 is 15.8 Å². The molecule has 31 heavy (non-hydrogen) atoms. The van der Waals surface area contributed by atoms with E-state index in [0.717, 1.165) is 12.4 Å². The highest BCUT2D eigenvalue weighted by Crippen LogP contribution is 2.33. The molecule has 3 rings (SSSR count). The molecule has 1 aromatic heterocycles. The van der Waals surface area contributed by atoms with E-state index in [-0.39, 0.29) is 36.0 Å². The molecule has 0 radical (unpaired) electrons. The number of hydrogen-bond donors (Lipinski definition) is 3. The Bertz CT molecular complexity index is 1040. The lowest BCUT2D eigenvalue weighted by Gasteiger charge is -2.30. The van der Waals surface area contributed by atoms with Crippen molar-refractivity contribution >= 4 is 34.9 Å². The van der Waals surface area contributed by atoms with Crippen LogP contribution >= 0.6 is 0 Å². The van der Waals surface area contributed by atoms with E-state index in [1.807, 2.05) is 0 Å². The predicted octanol–water partition coefficient (Wildman–Crippen LogP) is 1.35. The minimum Gasteiger partial charge on any atom is -0.481 e. The van der Waals surface area contributed by atoms with Crippen molar-refractivity contribution in [2.45, 2.75) is 12.8 Å². The molecule has 1 amide bonds. The first-order valence-electron chi connectivity index (χ1n) is 9.06. The summed E-state index contributed by atoms with van der Waals surface area (Å²) in [7, 11) is 0. The highest BCUT2D eigenvalue weighted by Gasteiger charge is 2.31. The molecule has 1 aromatic carbocycles. The van der Waals surface area contributed by atoms with Crippen LogP contribution in [0.4, 0.5) is 23.0 Å². The van der Waals surface area contributed by atoms with Gasteiger partial charge in [-0.1, -0.05) is 6.07 Å². The van der Waals surface area contributed by atoms with Crippen molar-refractivity contribution in [1.82, 2.24) is 15.4 Å². The van der Waals surface area contributed by atoms with Gasteiger partial charge in [0, 0.05) is 30.8 Å². The van der Waals surface area contributed by atoms with Crippen LogP contribution in [0.25, 0.3) is 0 Å². The summed E-state index contributed by atoms with van der Waals surface area (Å²) < 4.78 is 0. The summed E-state index contributed by atoms with van der Waals surface area (Å²) in [5, 5.41) is 31.6. The van der Waals surface area contributed by atoms with Gasteiger partial charge in [-0.25, -0.2) is 9.97 Å². The standard InChI is InChI=1S/C17H17N7O7/c25-16(11-2-1-3-12(8-11)23(28)29)21-20-14-13(24(30)31)15(19-9-18-14)22-6-4-10(5-7-22)17(26)27/h1-3,8-10H,4-7H2,(H,21,25)(H,26,27)(H,18,19,20). The number of piperidine rings is 1. The molecule has 14 heteroatoms. The van der Waals surface area contributed by atoms with Crippen molar-refractivity contribution in [1.29, 1.82) is 0 Å². The summed E-state index contributed by atoms with van der Waals surface area (Å²) in [6, 6.07) is 4.96. The van der Waals surface area contributed by atoms with E-state index >= 15 is 0 Å². The summed E-state index contributed by atoms with van der Waals surface area (Å²) in [6.45, 7) is 0.516. The fraction of sp³-hybridized carbons (Fsp3) is 0.294. The second-order valence-electron chi connectivity index (χ2n) is 6.64. The summed E-state index contributed by atoms with van der Waals surface area (Å²) in [4.78, 5) is 53.9. The van der Waals surface area contributed by atoms with Crippen LogP contribution in [-0.4, -0.2) is 49.9 Å². The van der Waals surface area contributed by atoms with Gasteiger partial charge in [0.05, 0.1) is 15.8 Å². The maximum Gasteiger partial charge on any atom is 0.355 e. The number of non-ortho nitro benzene ring substituents is 1. The van der Waals surface area contributed by atoms with E-state index in [9.17, 15) is 29.8 Å². The number of aliphatic carboxylic acids is 1. The molecule has 162 valence electrons. The molecule has 3 N–H and O–H groups in total. The van der Waals surface area contributed by atoms with Gasteiger partial charge >= 0.3 is 11.7 Å². The summed E-state index contributed by atoms with van der Waals surface area (Å²) >= 11 is 0. The fourth-order valence-corrected chi connectivity index (χ4v) is 3.15. The molecule has 1 aliphatic rings. The highest BCUT2D eigenvalue weighted by atomic mass is 16.6. The van der Waals surface area contributed by atoms with E-state index in [1.54, 1.807) is 4.90 Å². The van der Waals surface area contributed by atoms with Crippen molar-refractivity contribution < 1.29 is 24.5 Å². The van der Waals surface area contributed by atoms with Gasteiger partial charge < -0.3 is 10.0 Å². The molecule has 0 aliphatic carbocycles. The van der Waals surface area contributed by atoms with Gasteiger partial charge in [-0.3, -0.25) is 40.7 Å². The Kier molecular flexibility index (Phi) is 6.18. The van der Waals surface area contributed by atoms with Crippen LogP contribution in [0.15, 0.2) is 30.6 Å². The highest BCUT2D eigenvalue weighted by molar-refractivity contribution is 5.95. The summed E-state index contributed by atoms with van der Waals surface area (Å²) in [5.41, 5.74) is 3.78. The lowest BCUT2D eigenvalue weighted by molar-refractivity contribution is -0.384. The van der Waals surface area contributed by atoms with Gasteiger partial charge in [0.1, 0.15) is 6.33 Å². The SMILES string of the molecule is O=C(NNc1ncnc(N2CCC(C(=O)O)CC2)c1[N+](=O)[O-])c1cccc([N+](=O)[O-])c1. The van der Waals surface area contributed by atoms with E-state index in [4.69, 9.17) is 5.11 Å². The number of rotatable bonds is 7. The average molecular weight is 431 g/mol. The smallest absolute Gasteiger partial charge is 0.355 e. The average Bonchev–Trinajstić information content (AvgIpc) is 2.77. The molecule has 1 aliphatic heterocycles. The summed E-state index contributed by atoms with van der Waals surface area (Å²) in [5.74, 6) is -2.49. The van der Waals surface area contributed by atoms with Gasteiger partial charge in [-0.05, 0) is 18.9 Å². The molecule has 2 aromatic rings. The van der Waals surface area contributed by atoms with Crippen molar-refractivity contribution in [3.05, 3.63) is 56.4 Å². The van der Waals surface area contributed by atoms with Gasteiger partial charge in [0.15, 0.2) is 0 Å². The summed E-state index contributed by atoms with van der Waals surface area (Å²) in [6.07, 6.45) is 1.69. The lowest BCUT2D eigenvalue weighted by atomic mass is 9.97. The molecule has 2 heterocycles. The van der Waals surface area contributed by atoms with Gasteiger partial charge in [-0.2, -0.15) is 0 Å². The van der Waals surface area contributed by atoms with E-state index in [0.29, 0.717) is 12.8 Å². The van der Waals surface area contributed by atoms with E-state index < -0.39 is 33.3 Å². The van der Waals surface area contributed by atoms with Crippen LogP contribution in [0.5, 0.6) is 0 Å². The molecule has 0 spiro atoms. The largest absolute Gasteiger partial charge is 0.481 e. The Morgan fingerprint density at radius 1 is 1.13 bits per heavy atom. The number of carbonyl (C=O) groups excluding carboxylic acids is 1. The van der Waals surface area contributed by atoms with Crippen molar-refractivity contribution in [2.75, 3.05) is 23.4 Å². The number of carbonyl (C=O) groups is 2. The van der Waals surface area contributed by atoms with Gasteiger partial charge in [0.25, 0.3) is 11.6 Å². The van der Waals surface area contributed by atoms with Gasteiger partial charge in [-0.15, -0.1) is 0 Å². The zero-order valence-corrected chi connectivity index (χ0v) is 15.9. The third-order valence-electron chi connectivity index (χ3n) is 4.74. The van der Waals surface area contributed by atoms with Gasteiger partial charge in [0.2, 0.25) is 11.6 Å². The minimum atomic E-state index is -0.914. The second-order valence-corrected chi connectivity index (χ2v) is 6.64. The maximum atomic E-state index is 12.3. The Morgan fingerprint density at radius 3 is 2.45 bits per heavy atom. The zero-order chi connectivity index (χ0) is 22.5.